The Balaban J connectivity index is 1.55. The number of hydrogen-bond acceptors (Lipinski definition) is 5. The van der Waals surface area contributed by atoms with Crippen molar-refractivity contribution in [3.63, 3.8) is 0 Å². The average Bonchev–Trinajstić information content (AvgIpc) is 2.61. The van der Waals surface area contributed by atoms with Gasteiger partial charge in [-0.1, -0.05) is 6.07 Å². The number of nitrogens with one attached hydrogen (secondary N) is 1. The topological polar surface area (TPSA) is 71.0 Å². The maximum Gasteiger partial charge on any atom is 0.225 e. The molecule has 1 amide bonds. The molecule has 0 aliphatic carbocycles. The van der Waals surface area contributed by atoms with Crippen molar-refractivity contribution in [1.82, 2.24) is 19.9 Å². The lowest BCUT2D eigenvalue weighted by Crippen LogP contribution is -2.32. The summed E-state index contributed by atoms with van der Waals surface area (Å²) < 4.78 is 0. The number of carbonyl (C=O) groups excluding carboxylic acids is 1. The smallest absolute Gasteiger partial charge is 0.225 e. The number of anilines is 1. The highest BCUT2D eigenvalue weighted by atomic mass is 16.1. The van der Waals surface area contributed by atoms with Gasteiger partial charge in [0.05, 0.1) is 0 Å². The molecule has 0 radical (unpaired) electrons. The third-order valence-corrected chi connectivity index (χ3v) is 4.32. The van der Waals surface area contributed by atoms with Gasteiger partial charge in [-0.2, -0.15) is 0 Å². The van der Waals surface area contributed by atoms with Crippen LogP contribution in [0.3, 0.4) is 0 Å². The molecule has 1 N–H and O–H groups in total. The molecule has 1 unspecified atom stereocenters. The molecular weight excluding hydrogens is 302 g/mol. The summed E-state index contributed by atoms with van der Waals surface area (Å²) in [5, 5.41) is 2.87. The Hall–Kier alpha value is -2.34. The van der Waals surface area contributed by atoms with Crippen LogP contribution < -0.4 is 5.32 Å². The number of piperidine rings is 1. The fraction of sp³-hybridized carbons (Fsp3) is 0.444. The number of aromatic nitrogens is 3. The summed E-state index contributed by atoms with van der Waals surface area (Å²) >= 11 is 0. The molecule has 1 aliphatic heterocycles. The first-order valence-electron chi connectivity index (χ1n) is 8.43. The SMILES string of the molecule is CN1CCCC(CCC(=O)Nc2ccnc(-c3ccccn3)n2)C1. The van der Waals surface area contributed by atoms with Gasteiger partial charge in [-0.25, -0.2) is 9.97 Å². The van der Waals surface area contributed by atoms with E-state index < -0.39 is 0 Å². The van der Waals surface area contributed by atoms with Crippen molar-refractivity contribution in [2.75, 3.05) is 25.5 Å². The van der Waals surface area contributed by atoms with Crippen LogP contribution in [0.1, 0.15) is 25.7 Å². The second kappa shape index (κ2) is 7.97. The zero-order valence-corrected chi connectivity index (χ0v) is 14.0. The summed E-state index contributed by atoms with van der Waals surface area (Å²) in [7, 11) is 2.15. The van der Waals surface area contributed by atoms with E-state index in [0.717, 1.165) is 13.0 Å². The summed E-state index contributed by atoms with van der Waals surface area (Å²) in [4.78, 5) is 27.3. The number of hydrogen-bond donors (Lipinski definition) is 1. The predicted octanol–water partition coefficient (Wildman–Crippen LogP) is 2.60. The van der Waals surface area contributed by atoms with E-state index in [1.54, 1.807) is 18.5 Å². The van der Waals surface area contributed by atoms with Gasteiger partial charge in [-0.05, 0) is 57.0 Å². The lowest BCUT2D eigenvalue weighted by Gasteiger charge is -2.29. The average molecular weight is 325 g/mol. The zero-order chi connectivity index (χ0) is 16.8. The highest BCUT2D eigenvalue weighted by Gasteiger charge is 2.18. The Labute approximate surface area is 142 Å². The van der Waals surface area contributed by atoms with Gasteiger partial charge < -0.3 is 10.2 Å². The molecule has 1 saturated heterocycles. The predicted molar refractivity (Wildman–Crippen MR) is 93.3 cm³/mol. The quantitative estimate of drug-likeness (QED) is 0.915. The largest absolute Gasteiger partial charge is 0.311 e. The third kappa shape index (κ3) is 4.58. The highest BCUT2D eigenvalue weighted by Crippen LogP contribution is 2.20. The Morgan fingerprint density at radius 3 is 3.00 bits per heavy atom. The Morgan fingerprint density at radius 1 is 1.29 bits per heavy atom. The molecule has 0 bridgehead atoms. The van der Waals surface area contributed by atoms with Crippen LogP contribution in [-0.4, -0.2) is 45.9 Å². The van der Waals surface area contributed by atoms with E-state index in [1.165, 1.54) is 19.4 Å². The molecule has 0 spiro atoms. The van der Waals surface area contributed by atoms with Crippen molar-refractivity contribution in [3.8, 4) is 11.5 Å². The Kier molecular flexibility index (Phi) is 5.48. The monoisotopic (exact) mass is 325 g/mol. The molecule has 6 nitrogen and oxygen atoms in total. The number of nitrogens with zero attached hydrogens (tertiary/aromatic N) is 4. The Bertz CT molecular complexity index is 676. The van der Waals surface area contributed by atoms with E-state index in [2.05, 4.69) is 32.2 Å². The molecule has 0 saturated carbocycles. The summed E-state index contributed by atoms with van der Waals surface area (Å²) in [5.74, 6) is 1.66. The summed E-state index contributed by atoms with van der Waals surface area (Å²) in [6, 6.07) is 7.29. The maximum atomic E-state index is 12.2. The number of amides is 1. The standard InChI is InChI=1S/C18H23N5O/c1-23-12-4-5-14(13-23)7-8-17(24)21-16-9-11-20-18(22-16)15-6-2-3-10-19-15/h2-3,6,9-11,14H,4-5,7-8,12-13H2,1H3,(H,20,21,22,24). The van der Waals surface area contributed by atoms with Gasteiger partial charge in [0.2, 0.25) is 5.91 Å². The van der Waals surface area contributed by atoms with E-state index in [1.807, 2.05) is 18.2 Å². The zero-order valence-electron chi connectivity index (χ0n) is 14.0. The van der Waals surface area contributed by atoms with Gasteiger partial charge >= 0.3 is 0 Å². The van der Waals surface area contributed by atoms with Crippen molar-refractivity contribution in [2.45, 2.75) is 25.7 Å². The van der Waals surface area contributed by atoms with Gasteiger partial charge in [-0.3, -0.25) is 9.78 Å². The maximum absolute atomic E-state index is 12.2. The molecule has 3 rings (SSSR count). The molecular formula is C18H23N5O. The van der Waals surface area contributed by atoms with Crippen LogP contribution in [0.2, 0.25) is 0 Å². The molecule has 2 aromatic rings. The lowest BCUT2D eigenvalue weighted by molar-refractivity contribution is -0.116. The fourth-order valence-electron chi connectivity index (χ4n) is 3.10. The first-order chi connectivity index (χ1) is 11.7. The van der Waals surface area contributed by atoms with Crippen molar-refractivity contribution < 1.29 is 4.79 Å². The first kappa shape index (κ1) is 16.5. The first-order valence-corrected chi connectivity index (χ1v) is 8.43. The minimum Gasteiger partial charge on any atom is -0.311 e. The van der Waals surface area contributed by atoms with E-state index in [9.17, 15) is 4.79 Å². The van der Waals surface area contributed by atoms with Crippen LogP contribution in [0, 0.1) is 5.92 Å². The molecule has 126 valence electrons. The van der Waals surface area contributed by atoms with E-state index in [0.29, 0.717) is 29.7 Å². The summed E-state index contributed by atoms with van der Waals surface area (Å²) in [6.07, 6.45) is 7.24. The minimum atomic E-state index is 0.00824. The minimum absolute atomic E-state index is 0.00824. The number of carbonyl (C=O) groups is 1. The molecule has 2 aromatic heterocycles. The van der Waals surface area contributed by atoms with Crippen molar-refractivity contribution >= 4 is 11.7 Å². The van der Waals surface area contributed by atoms with Gasteiger partial charge in [0.15, 0.2) is 5.82 Å². The Morgan fingerprint density at radius 2 is 2.21 bits per heavy atom. The number of rotatable bonds is 5. The lowest BCUT2D eigenvalue weighted by atomic mass is 9.93. The van der Waals surface area contributed by atoms with Crippen LogP contribution in [0.15, 0.2) is 36.7 Å². The second-order valence-corrected chi connectivity index (χ2v) is 6.34. The van der Waals surface area contributed by atoms with Gasteiger partial charge in [0.25, 0.3) is 0 Å². The highest BCUT2D eigenvalue weighted by molar-refractivity contribution is 5.89. The molecule has 1 atom stereocenters. The van der Waals surface area contributed by atoms with Crippen LogP contribution in [0.25, 0.3) is 11.5 Å². The second-order valence-electron chi connectivity index (χ2n) is 6.34. The van der Waals surface area contributed by atoms with Crippen LogP contribution in [0.4, 0.5) is 5.82 Å². The molecule has 6 heteroatoms. The van der Waals surface area contributed by atoms with Crippen LogP contribution >= 0.6 is 0 Å². The normalized spacial score (nSPS) is 18.3. The number of likely N-dealkylation sites (tertiary alicyclic amines) is 1. The summed E-state index contributed by atoms with van der Waals surface area (Å²) in [6.45, 7) is 2.25. The van der Waals surface area contributed by atoms with Gasteiger partial charge in [0, 0.05) is 25.4 Å². The van der Waals surface area contributed by atoms with Crippen molar-refractivity contribution in [3.05, 3.63) is 36.7 Å². The molecule has 1 fully saturated rings. The summed E-state index contributed by atoms with van der Waals surface area (Å²) in [5.41, 5.74) is 0.693. The molecule has 24 heavy (non-hydrogen) atoms. The van der Waals surface area contributed by atoms with E-state index >= 15 is 0 Å². The number of pyridine rings is 1. The molecule has 3 heterocycles. The molecule has 1 aliphatic rings. The third-order valence-electron chi connectivity index (χ3n) is 4.32. The van der Waals surface area contributed by atoms with Crippen LogP contribution in [-0.2, 0) is 4.79 Å². The van der Waals surface area contributed by atoms with Crippen molar-refractivity contribution in [1.29, 1.82) is 0 Å². The van der Waals surface area contributed by atoms with Gasteiger partial charge in [-0.15, -0.1) is 0 Å². The van der Waals surface area contributed by atoms with Crippen molar-refractivity contribution in [2.24, 2.45) is 5.92 Å². The van der Waals surface area contributed by atoms with E-state index in [-0.39, 0.29) is 5.91 Å². The molecule has 0 aromatic carbocycles. The van der Waals surface area contributed by atoms with Gasteiger partial charge in [0.1, 0.15) is 11.5 Å². The van der Waals surface area contributed by atoms with E-state index in [4.69, 9.17) is 0 Å². The van der Waals surface area contributed by atoms with Crippen LogP contribution in [0.5, 0.6) is 0 Å². The fourth-order valence-corrected chi connectivity index (χ4v) is 3.10.